The molecule has 170 valence electrons. The largest absolute Gasteiger partial charge is 0.416 e. The Bertz CT molecular complexity index is 1150. The second-order valence-corrected chi connectivity index (χ2v) is 8.00. The van der Waals surface area contributed by atoms with E-state index in [0.29, 0.717) is 48.7 Å². The summed E-state index contributed by atoms with van der Waals surface area (Å²) in [6, 6.07) is 5.16. The number of fused-ring (bicyclic) bond motifs is 1. The van der Waals surface area contributed by atoms with E-state index in [-0.39, 0.29) is 17.3 Å². The molecule has 0 spiro atoms. The predicted molar refractivity (Wildman–Crippen MR) is 115 cm³/mol. The molecule has 1 aromatic carbocycles. The number of anilines is 2. The third-order valence-electron chi connectivity index (χ3n) is 5.42. The number of morpholine rings is 1. The van der Waals surface area contributed by atoms with E-state index in [1.54, 1.807) is 23.9 Å². The number of pyridine rings is 1. The van der Waals surface area contributed by atoms with Gasteiger partial charge in [0.15, 0.2) is 5.65 Å². The van der Waals surface area contributed by atoms with Gasteiger partial charge < -0.3 is 15.0 Å². The number of aryl methyl sites for hydroxylation is 1. The quantitative estimate of drug-likeness (QED) is 0.641. The number of aromatic nitrogens is 3. The fourth-order valence-corrected chi connectivity index (χ4v) is 3.76. The number of carbonyl (C=O) groups excluding carboxylic acids is 1. The lowest BCUT2D eigenvalue weighted by molar-refractivity contribution is -0.137. The molecule has 3 heterocycles. The molecule has 1 saturated heterocycles. The summed E-state index contributed by atoms with van der Waals surface area (Å²) in [6.07, 6.45) is -2.90. The van der Waals surface area contributed by atoms with Crippen molar-refractivity contribution in [2.45, 2.75) is 33.0 Å². The third kappa shape index (κ3) is 4.27. The van der Waals surface area contributed by atoms with Gasteiger partial charge in [0, 0.05) is 24.5 Å². The maximum Gasteiger partial charge on any atom is 0.416 e. The first kappa shape index (κ1) is 22.1. The van der Waals surface area contributed by atoms with Gasteiger partial charge in [0.25, 0.3) is 5.91 Å². The maximum atomic E-state index is 13.3. The predicted octanol–water partition coefficient (Wildman–Crippen LogP) is 4.43. The molecule has 0 saturated carbocycles. The van der Waals surface area contributed by atoms with Crippen LogP contribution < -0.4 is 10.2 Å². The SMILES string of the molecule is Cc1nc2c(cnn2C(C)C)cc1C(=O)Nc1cc(C(F)(F)F)ccc1N1CCOCC1. The Morgan fingerprint density at radius 1 is 1.19 bits per heavy atom. The van der Waals surface area contributed by atoms with Crippen LogP contribution in [0.2, 0.25) is 0 Å². The molecule has 1 N–H and O–H groups in total. The molecule has 1 fully saturated rings. The summed E-state index contributed by atoms with van der Waals surface area (Å²) in [5, 5.41) is 7.68. The lowest BCUT2D eigenvalue weighted by Gasteiger charge is -2.31. The molecule has 4 rings (SSSR count). The molecule has 0 unspecified atom stereocenters. The second-order valence-electron chi connectivity index (χ2n) is 8.00. The highest BCUT2D eigenvalue weighted by Gasteiger charge is 2.32. The van der Waals surface area contributed by atoms with Crippen molar-refractivity contribution in [2.24, 2.45) is 0 Å². The molecule has 32 heavy (non-hydrogen) atoms. The first-order valence-electron chi connectivity index (χ1n) is 10.4. The summed E-state index contributed by atoms with van der Waals surface area (Å²) in [7, 11) is 0. The van der Waals surface area contributed by atoms with E-state index < -0.39 is 17.6 Å². The van der Waals surface area contributed by atoms with Crippen LogP contribution in [0.3, 0.4) is 0 Å². The first-order chi connectivity index (χ1) is 15.1. The van der Waals surface area contributed by atoms with E-state index in [1.165, 1.54) is 6.07 Å². The van der Waals surface area contributed by atoms with Crippen molar-refractivity contribution in [2.75, 3.05) is 36.5 Å². The van der Waals surface area contributed by atoms with Gasteiger partial charge in [-0.2, -0.15) is 18.3 Å². The van der Waals surface area contributed by atoms with Crippen LogP contribution in [0.15, 0.2) is 30.5 Å². The van der Waals surface area contributed by atoms with E-state index in [4.69, 9.17) is 4.74 Å². The van der Waals surface area contributed by atoms with Crippen molar-refractivity contribution in [3.8, 4) is 0 Å². The van der Waals surface area contributed by atoms with Crippen molar-refractivity contribution in [1.82, 2.24) is 14.8 Å². The zero-order chi connectivity index (χ0) is 23.0. The van der Waals surface area contributed by atoms with Crippen LogP contribution >= 0.6 is 0 Å². The average Bonchev–Trinajstić information content (AvgIpc) is 3.16. The van der Waals surface area contributed by atoms with Crippen LogP contribution in [0.1, 0.15) is 41.5 Å². The summed E-state index contributed by atoms with van der Waals surface area (Å²) >= 11 is 0. The lowest BCUT2D eigenvalue weighted by Crippen LogP contribution is -2.37. The Morgan fingerprint density at radius 3 is 2.56 bits per heavy atom. The van der Waals surface area contributed by atoms with Crippen LogP contribution in [0.5, 0.6) is 0 Å². The molecule has 1 amide bonds. The van der Waals surface area contributed by atoms with Gasteiger partial charge in [-0.05, 0) is 45.0 Å². The fourth-order valence-electron chi connectivity index (χ4n) is 3.76. The number of amides is 1. The molecule has 1 aliphatic heterocycles. The molecule has 0 aliphatic carbocycles. The number of ether oxygens (including phenoxy) is 1. The molecule has 0 atom stereocenters. The minimum Gasteiger partial charge on any atom is -0.378 e. The number of hydrogen-bond donors (Lipinski definition) is 1. The van der Waals surface area contributed by atoms with Crippen molar-refractivity contribution in [3.63, 3.8) is 0 Å². The van der Waals surface area contributed by atoms with Gasteiger partial charge in [-0.3, -0.25) is 4.79 Å². The highest BCUT2D eigenvalue weighted by atomic mass is 19.4. The van der Waals surface area contributed by atoms with Gasteiger partial charge in [-0.15, -0.1) is 0 Å². The van der Waals surface area contributed by atoms with Crippen LogP contribution in [-0.2, 0) is 10.9 Å². The minimum absolute atomic E-state index is 0.0975. The van der Waals surface area contributed by atoms with E-state index in [9.17, 15) is 18.0 Å². The number of rotatable bonds is 4. The van der Waals surface area contributed by atoms with Crippen molar-refractivity contribution >= 4 is 28.3 Å². The van der Waals surface area contributed by atoms with Crippen LogP contribution in [-0.4, -0.2) is 47.0 Å². The van der Waals surface area contributed by atoms with Gasteiger partial charge in [0.05, 0.1) is 47.6 Å². The Kier molecular flexibility index (Phi) is 5.81. The highest BCUT2D eigenvalue weighted by molar-refractivity contribution is 6.08. The molecule has 0 bridgehead atoms. The summed E-state index contributed by atoms with van der Waals surface area (Å²) in [6.45, 7) is 7.63. The number of benzene rings is 1. The van der Waals surface area contributed by atoms with Crippen LogP contribution in [0.4, 0.5) is 24.5 Å². The lowest BCUT2D eigenvalue weighted by atomic mass is 10.1. The van der Waals surface area contributed by atoms with Gasteiger partial charge in [-0.25, -0.2) is 9.67 Å². The number of alkyl halides is 3. The average molecular weight is 447 g/mol. The van der Waals surface area contributed by atoms with Crippen molar-refractivity contribution in [3.05, 3.63) is 47.3 Å². The van der Waals surface area contributed by atoms with Crippen LogP contribution in [0, 0.1) is 6.92 Å². The third-order valence-corrected chi connectivity index (χ3v) is 5.42. The molecular formula is C22H24F3N5O2. The van der Waals surface area contributed by atoms with Gasteiger partial charge in [-0.1, -0.05) is 0 Å². The van der Waals surface area contributed by atoms with Gasteiger partial charge >= 0.3 is 6.18 Å². The van der Waals surface area contributed by atoms with E-state index >= 15 is 0 Å². The number of carbonyl (C=O) groups is 1. The number of nitrogens with zero attached hydrogens (tertiary/aromatic N) is 4. The Morgan fingerprint density at radius 2 is 1.91 bits per heavy atom. The Labute approximate surface area is 183 Å². The monoisotopic (exact) mass is 447 g/mol. The summed E-state index contributed by atoms with van der Waals surface area (Å²) < 4.78 is 47.1. The molecule has 1 aliphatic rings. The van der Waals surface area contributed by atoms with Gasteiger partial charge in [0.2, 0.25) is 0 Å². The number of hydrogen-bond acceptors (Lipinski definition) is 5. The molecule has 3 aromatic rings. The number of nitrogens with one attached hydrogen (secondary N) is 1. The molecular weight excluding hydrogens is 423 g/mol. The van der Waals surface area contributed by atoms with Gasteiger partial charge in [0.1, 0.15) is 0 Å². The van der Waals surface area contributed by atoms with E-state index in [1.807, 2.05) is 18.7 Å². The second kappa shape index (κ2) is 8.42. The zero-order valence-electron chi connectivity index (χ0n) is 18.0. The van der Waals surface area contributed by atoms with Crippen molar-refractivity contribution < 1.29 is 22.7 Å². The molecule has 10 heteroatoms. The topological polar surface area (TPSA) is 72.3 Å². The summed E-state index contributed by atoms with van der Waals surface area (Å²) in [5.74, 6) is -0.525. The maximum absolute atomic E-state index is 13.3. The molecule has 2 aromatic heterocycles. The Hall–Kier alpha value is -3.14. The smallest absolute Gasteiger partial charge is 0.378 e. The molecule has 0 radical (unpaired) electrons. The summed E-state index contributed by atoms with van der Waals surface area (Å²) in [5.41, 5.74) is 1.21. The normalized spacial score (nSPS) is 14.9. The summed E-state index contributed by atoms with van der Waals surface area (Å²) in [4.78, 5) is 19.5. The van der Waals surface area contributed by atoms with Crippen molar-refractivity contribution in [1.29, 1.82) is 0 Å². The minimum atomic E-state index is -4.52. The zero-order valence-corrected chi connectivity index (χ0v) is 18.0. The molecule has 7 nitrogen and oxygen atoms in total. The van der Waals surface area contributed by atoms with E-state index in [2.05, 4.69) is 15.4 Å². The van der Waals surface area contributed by atoms with E-state index in [0.717, 1.165) is 12.1 Å². The Balaban J connectivity index is 1.71. The number of halogens is 3. The van der Waals surface area contributed by atoms with Crippen LogP contribution in [0.25, 0.3) is 11.0 Å². The standard InChI is InChI=1S/C22H24F3N5O2/c1-13(2)30-20-15(12-26-30)10-17(14(3)27-20)21(31)28-18-11-16(22(23,24)25)4-5-19(18)29-6-8-32-9-7-29/h4-5,10-13H,6-9H2,1-3H3,(H,28,31). The first-order valence-corrected chi connectivity index (χ1v) is 10.4. The highest BCUT2D eigenvalue weighted by Crippen LogP contribution is 2.36. The fraction of sp³-hybridized carbons (Fsp3) is 0.409.